The summed E-state index contributed by atoms with van der Waals surface area (Å²) in [6, 6.07) is 22.0. The lowest BCUT2D eigenvalue weighted by molar-refractivity contribution is 0.0497. The Labute approximate surface area is 267 Å². The number of rotatable bonds is 8. The molecule has 238 valence electrons. The van der Waals surface area contributed by atoms with Crippen LogP contribution in [0.15, 0.2) is 72.8 Å². The molecule has 1 fully saturated rings. The van der Waals surface area contributed by atoms with Crippen LogP contribution < -0.4 is 19.7 Å². The van der Waals surface area contributed by atoms with Gasteiger partial charge in [0.25, 0.3) is 0 Å². The number of alkyl carbamates (subject to hydrolysis) is 1. The number of anilines is 1. The maximum atomic E-state index is 15.1. The fourth-order valence-electron chi connectivity index (χ4n) is 5.31. The van der Waals surface area contributed by atoms with E-state index in [4.69, 9.17) is 19.2 Å². The molecule has 0 bridgehead atoms. The number of pyridine rings is 1. The van der Waals surface area contributed by atoms with Gasteiger partial charge in [-0.05, 0) is 69.0 Å². The number of carbonyl (C=O) groups is 1. The van der Waals surface area contributed by atoms with Crippen LogP contribution in [0.5, 0.6) is 11.5 Å². The molecule has 1 aliphatic rings. The SMILES string of the molecule is COc1ccc(-c2c(OCc3ccccc3)cc(N3CCC(NC(=O)OC(C)(C)C)CC3)nc2-c2ccc(C#N)c(F)c2)cc1F. The van der Waals surface area contributed by atoms with Gasteiger partial charge in [0, 0.05) is 30.8 Å². The average Bonchev–Trinajstić information content (AvgIpc) is 3.03. The van der Waals surface area contributed by atoms with E-state index in [0.29, 0.717) is 59.9 Å². The van der Waals surface area contributed by atoms with E-state index in [2.05, 4.69) is 10.2 Å². The number of nitrogens with one attached hydrogen (secondary N) is 1. The molecule has 1 saturated heterocycles. The maximum absolute atomic E-state index is 15.1. The fraction of sp³-hybridized carbons (Fsp3) is 0.306. The van der Waals surface area contributed by atoms with E-state index in [1.165, 1.54) is 31.4 Å². The van der Waals surface area contributed by atoms with Crippen molar-refractivity contribution in [2.24, 2.45) is 0 Å². The zero-order valence-electron chi connectivity index (χ0n) is 26.3. The van der Waals surface area contributed by atoms with E-state index in [1.807, 2.05) is 63.2 Å². The molecule has 0 atom stereocenters. The minimum Gasteiger partial charge on any atom is -0.494 e. The number of carbonyl (C=O) groups excluding carboxylic acids is 1. The topological polar surface area (TPSA) is 96.7 Å². The molecule has 0 radical (unpaired) electrons. The molecule has 0 spiro atoms. The van der Waals surface area contributed by atoms with Crippen LogP contribution in [0.3, 0.4) is 0 Å². The molecule has 1 amide bonds. The third-order valence-corrected chi connectivity index (χ3v) is 7.55. The maximum Gasteiger partial charge on any atom is 0.407 e. The van der Waals surface area contributed by atoms with Gasteiger partial charge in [-0.25, -0.2) is 18.6 Å². The van der Waals surface area contributed by atoms with Gasteiger partial charge in [0.2, 0.25) is 0 Å². The number of benzene rings is 3. The van der Waals surface area contributed by atoms with Gasteiger partial charge in [0.1, 0.15) is 35.7 Å². The number of aromatic nitrogens is 1. The number of hydrogen-bond acceptors (Lipinski definition) is 7. The molecule has 1 aliphatic heterocycles. The van der Waals surface area contributed by atoms with Gasteiger partial charge in [0.05, 0.1) is 23.9 Å². The van der Waals surface area contributed by atoms with Crippen LogP contribution in [0.1, 0.15) is 44.7 Å². The van der Waals surface area contributed by atoms with Gasteiger partial charge >= 0.3 is 6.09 Å². The summed E-state index contributed by atoms with van der Waals surface area (Å²) in [4.78, 5) is 19.4. The molecule has 4 aromatic rings. The minimum absolute atomic E-state index is 0.0754. The van der Waals surface area contributed by atoms with Gasteiger partial charge in [-0.15, -0.1) is 0 Å². The van der Waals surface area contributed by atoms with Crippen LogP contribution in [0.2, 0.25) is 0 Å². The summed E-state index contributed by atoms with van der Waals surface area (Å²) >= 11 is 0. The van der Waals surface area contributed by atoms with Crippen molar-refractivity contribution in [3.8, 4) is 40.0 Å². The second kappa shape index (κ2) is 13.9. The number of methoxy groups -OCH3 is 1. The Kier molecular flexibility index (Phi) is 9.71. The summed E-state index contributed by atoms with van der Waals surface area (Å²) in [5.74, 6) is -0.188. The first kappa shape index (κ1) is 32.2. The third kappa shape index (κ3) is 7.72. The Balaban J connectivity index is 1.57. The minimum atomic E-state index is -0.695. The summed E-state index contributed by atoms with van der Waals surface area (Å²) < 4.78 is 47.1. The van der Waals surface area contributed by atoms with Gasteiger partial charge < -0.3 is 24.4 Å². The normalized spacial score (nSPS) is 13.5. The van der Waals surface area contributed by atoms with Crippen LogP contribution in [0, 0.1) is 23.0 Å². The lowest BCUT2D eigenvalue weighted by Crippen LogP contribution is -2.46. The Morgan fingerprint density at radius 1 is 0.978 bits per heavy atom. The number of halogens is 2. The van der Waals surface area contributed by atoms with E-state index >= 15 is 4.39 Å². The number of piperidine rings is 1. The first-order chi connectivity index (χ1) is 22.0. The zero-order valence-corrected chi connectivity index (χ0v) is 26.3. The van der Waals surface area contributed by atoms with Crippen LogP contribution in [-0.4, -0.2) is 42.9 Å². The summed E-state index contributed by atoms with van der Waals surface area (Å²) in [6.45, 7) is 6.82. The average molecular weight is 627 g/mol. The molecule has 2 heterocycles. The molecular weight excluding hydrogens is 590 g/mol. The van der Waals surface area contributed by atoms with Crippen LogP contribution in [0.25, 0.3) is 22.4 Å². The smallest absolute Gasteiger partial charge is 0.407 e. The van der Waals surface area contributed by atoms with Gasteiger partial charge in [-0.2, -0.15) is 5.26 Å². The largest absolute Gasteiger partial charge is 0.494 e. The quantitative estimate of drug-likeness (QED) is 0.215. The molecular formula is C36H36F2N4O4. The predicted octanol–water partition coefficient (Wildman–Crippen LogP) is 7.65. The molecule has 3 aromatic carbocycles. The van der Waals surface area contributed by atoms with Crippen molar-refractivity contribution in [2.75, 3.05) is 25.1 Å². The Morgan fingerprint density at radius 2 is 1.67 bits per heavy atom. The van der Waals surface area contributed by atoms with Crippen molar-refractivity contribution in [1.82, 2.24) is 10.3 Å². The molecule has 1 N–H and O–H groups in total. The highest BCUT2D eigenvalue weighted by atomic mass is 19.1. The predicted molar refractivity (Wildman–Crippen MR) is 172 cm³/mol. The monoisotopic (exact) mass is 626 g/mol. The molecule has 0 unspecified atom stereocenters. The molecule has 1 aromatic heterocycles. The molecule has 8 nitrogen and oxygen atoms in total. The van der Waals surface area contributed by atoms with Crippen molar-refractivity contribution in [2.45, 2.75) is 51.9 Å². The molecule has 0 aliphatic carbocycles. The summed E-state index contributed by atoms with van der Waals surface area (Å²) in [7, 11) is 1.39. The van der Waals surface area contributed by atoms with Crippen molar-refractivity contribution >= 4 is 11.9 Å². The van der Waals surface area contributed by atoms with E-state index in [0.717, 1.165) is 5.56 Å². The van der Waals surface area contributed by atoms with E-state index in [9.17, 15) is 14.4 Å². The highest BCUT2D eigenvalue weighted by Gasteiger charge is 2.27. The van der Waals surface area contributed by atoms with Crippen molar-refractivity contribution < 1.29 is 27.8 Å². The number of amides is 1. The number of ether oxygens (including phenoxy) is 3. The zero-order chi connectivity index (χ0) is 32.8. The summed E-state index contributed by atoms with van der Waals surface area (Å²) in [6.07, 6.45) is 0.836. The first-order valence-electron chi connectivity index (χ1n) is 15.0. The highest BCUT2D eigenvalue weighted by Crippen LogP contribution is 2.42. The number of nitrogens with zero attached hydrogens (tertiary/aromatic N) is 3. The lowest BCUT2D eigenvalue weighted by Gasteiger charge is -2.34. The van der Waals surface area contributed by atoms with Crippen molar-refractivity contribution in [1.29, 1.82) is 5.26 Å². The molecule has 0 saturated carbocycles. The lowest BCUT2D eigenvalue weighted by atomic mass is 9.96. The second-order valence-electron chi connectivity index (χ2n) is 12.0. The van der Waals surface area contributed by atoms with Crippen LogP contribution in [0.4, 0.5) is 19.4 Å². The van der Waals surface area contributed by atoms with E-state index in [1.54, 1.807) is 12.1 Å². The Bertz CT molecular complexity index is 1740. The Morgan fingerprint density at radius 3 is 2.30 bits per heavy atom. The van der Waals surface area contributed by atoms with Gasteiger partial charge in [-0.1, -0.05) is 42.5 Å². The van der Waals surface area contributed by atoms with Crippen molar-refractivity contribution in [3.63, 3.8) is 0 Å². The number of hydrogen-bond donors (Lipinski definition) is 1. The fourth-order valence-corrected chi connectivity index (χ4v) is 5.31. The number of nitriles is 1. The summed E-state index contributed by atoms with van der Waals surface area (Å²) in [5, 5.41) is 12.3. The van der Waals surface area contributed by atoms with Gasteiger partial charge in [-0.3, -0.25) is 0 Å². The van der Waals surface area contributed by atoms with Gasteiger partial charge in [0.15, 0.2) is 11.6 Å². The standard InChI is InChI=1S/C36H36F2N4O4/c1-36(2,3)46-35(43)40-27-14-16-42(17-15-27)32-20-31(45-22-23-8-6-5-7-9-23)33(24-12-13-30(44-4)29(38)18-24)34(41-32)25-10-11-26(21-39)28(37)19-25/h5-13,18-20,27H,14-17,22H2,1-4H3,(H,40,43). The first-order valence-corrected chi connectivity index (χ1v) is 15.0. The van der Waals surface area contributed by atoms with Crippen LogP contribution in [-0.2, 0) is 11.3 Å². The molecule has 46 heavy (non-hydrogen) atoms. The second-order valence-corrected chi connectivity index (χ2v) is 12.0. The van der Waals surface area contributed by atoms with Crippen molar-refractivity contribution in [3.05, 3.63) is 95.6 Å². The third-order valence-electron chi connectivity index (χ3n) is 7.55. The van der Waals surface area contributed by atoms with E-state index in [-0.39, 0.29) is 24.0 Å². The Hall–Kier alpha value is -5.17. The molecule has 5 rings (SSSR count). The highest BCUT2D eigenvalue weighted by molar-refractivity contribution is 5.87. The summed E-state index contributed by atoms with van der Waals surface area (Å²) in [5.41, 5.74) is 1.91. The molecule has 10 heteroatoms. The van der Waals surface area contributed by atoms with E-state index < -0.39 is 23.3 Å². The van der Waals surface area contributed by atoms with Crippen LogP contribution >= 0.6 is 0 Å².